The van der Waals surface area contributed by atoms with E-state index in [-0.39, 0.29) is 23.7 Å². The van der Waals surface area contributed by atoms with Gasteiger partial charge in [-0.2, -0.15) is 0 Å². The molecule has 0 bridgehead atoms. The van der Waals surface area contributed by atoms with Crippen LogP contribution in [0.25, 0.3) is 0 Å². The van der Waals surface area contributed by atoms with Crippen molar-refractivity contribution in [3.05, 3.63) is 23.6 Å². The van der Waals surface area contributed by atoms with Crippen molar-refractivity contribution < 1.29 is 19.1 Å². The van der Waals surface area contributed by atoms with E-state index in [0.717, 1.165) is 12.3 Å². The lowest BCUT2D eigenvalue weighted by Gasteiger charge is -2.07. The Kier molecular flexibility index (Phi) is 5.04. The Morgan fingerprint density at radius 3 is 2.78 bits per heavy atom. The molecule has 0 unspecified atom stereocenters. The molecule has 0 fully saturated rings. The monoisotopic (exact) mass is 255 g/mol. The Morgan fingerprint density at radius 1 is 1.44 bits per heavy atom. The number of pyridine rings is 1. The zero-order valence-corrected chi connectivity index (χ0v) is 9.65. The molecule has 0 saturated heterocycles. The molecule has 0 aliphatic heterocycles. The van der Waals surface area contributed by atoms with Crippen LogP contribution < -0.4 is 11.1 Å². The van der Waals surface area contributed by atoms with Gasteiger partial charge in [0.1, 0.15) is 17.2 Å². The lowest BCUT2D eigenvalue weighted by Crippen LogP contribution is -2.12. The number of halogens is 1. The molecule has 0 radical (unpaired) electrons. The van der Waals surface area contributed by atoms with E-state index in [1.807, 2.05) is 0 Å². The number of hydrogen-bond donors (Lipinski definition) is 3. The summed E-state index contributed by atoms with van der Waals surface area (Å²) in [6.07, 6.45) is 2.47. The van der Waals surface area contributed by atoms with Gasteiger partial charge in [-0.1, -0.05) is 0 Å². The number of unbranched alkanes of at least 4 members (excludes halogenated alkanes) is 1. The smallest absolute Gasteiger partial charge is 0.339 e. The van der Waals surface area contributed by atoms with Gasteiger partial charge in [0.05, 0.1) is 6.20 Å². The molecular weight excluding hydrogens is 241 g/mol. The van der Waals surface area contributed by atoms with Gasteiger partial charge in [-0.25, -0.2) is 14.2 Å². The number of aromatic carboxylic acids is 1. The van der Waals surface area contributed by atoms with E-state index < -0.39 is 11.8 Å². The lowest BCUT2D eigenvalue weighted by atomic mass is 10.2. The second-order valence-electron chi connectivity index (χ2n) is 3.71. The van der Waals surface area contributed by atoms with E-state index in [2.05, 4.69) is 10.3 Å². The molecule has 7 heteroatoms. The summed E-state index contributed by atoms with van der Waals surface area (Å²) in [5.41, 5.74) is 4.76. The minimum absolute atomic E-state index is 0.114. The third kappa shape index (κ3) is 4.36. The van der Waals surface area contributed by atoms with Crippen molar-refractivity contribution in [2.24, 2.45) is 5.73 Å². The lowest BCUT2D eigenvalue weighted by molar-refractivity contribution is -0.118. The van der Waals surface area contributed by atoms with Crippen LogP contribution >= 0.6 is 0 Å². The van der Waals surface area contributed by atoms with Crippen molar-refractivity contribution in [1.29, 1.82) is 0 Å². The van der Waals surface area contributed by atoms with Crippen LogP contribution in [0.4, 0.5) is 10.2 Å². The van der Waals surface area contributed by atoms with E-state index in [1.54, 1.807) is 0 Å². The largest absolute Gasteiger partial charge is 0.478 e. The zero-order valence-electron chi connectivity index (χ0n) is 9.65. The summed E-state index contributed by atoms with van der Waals surface area (Å²) in [5, 5.41) is 11.6. The SMILES string of the molecule is NC(=O)CCCCNc1ncc(F)cc1C(=O)O. The number of hydrogen-bond acceptors (Lipinski definition) is 4. The van der Waals surface area contributed by atoms with Crippen LogP contribution in [0.1, 0.15) is 29.6 Å². The van der Waals surface area contributed by atoms with E-state index in [4.69, 9.17) is 10.8 Å². The maximum Gasteiger partial charge on any atom is 0.339 e. The predicted octanol–water partition coefficient (Wildman–Crippen LogP) is 0.986. The van der Waals surface area contributed by atoms with Crippen LogP contribution in [0.5, 0.6) is 0 Å². The minimum atomic E-state index is -1.25. The minimum Gasteiger partial charge on any atom is -0.478 e. The summed E-state index contributed by atoms with van der Waals surface area (Å²) in [5.74, 6) is -2.21. The van der Waals surface area contributed by atoms with Crippen molar-refractivity contribution in [1.82, 2.24) is 4.98 Å². The summed E-state index contributed by atoms with van der Waals surface area (Å²) < 4.78 is 12.8. The van der Waals surface area contributed by atoms with Crippen LogP contribution in [0.15, 0.2) is 12.3 Å². The summed E-state index contributed by atoms with van der Waals surface area (Å²) in [6.45, 7) is 0.437. The van der Waals surface area contributed by atoms with Crippen LogP contribution in [0, 0.1) is 5.82 Å². The Labute approximate surface area is 103 Å². The standard InChI is InChI=1S/C11H14FN3O3/c12-7-5-8(11(17)18)10(15-6-7)14-4-2-1-3-9(13)16/h5-6H,1-4H2,(H2,13,16)(H,14,15)(H,17,18). The summed E-state index contributed by atoms with van der Waals surface area (Å²) in [6, 6.07) is 0.904. The number of carbonyl (C=O) groups excluding carboxylic acids is 1. The van der Waals surface area contributed by atoms with Gasteiger partial charge in [-0.05, 0) is 18.9 Å². The molecule has 1 amide bonds. The highest BCUT2D eigenvalue weighted by atomic mass is 19.1. The molecule has 6 nitrogen and oxygen atoms in total. The average molecular weight is 255 g/mol. The van der Waals surface area contributed by atoms with Gasteiger partial charge in [0.2, 0.25) is 5.91 Å². The quantitative estimate of drug-likeness (QED) is 0.630. The number of nitrogens with zero attached hydrogens (tertiary/aromatic N) is 1. The van der Waals surface area contributed by atoms with Gasteiger partial charge in [0.15, 0.2) is 0 Å². The third-order valence-electron chi connectivity index (χ3n) is 2.23. The highest BCUT2D eigenvalue weighted by Crippen LogP contribution is 2.13. The van der Waals surface area contributed by atoms with Gasteiger partial charge < -0.3 is 16.2 Å². The van der Waals surface area contributed by atoms with E-state index in [1.165, 1.54) is 0 Å². The summed E-state index contributed by atoms with van der Waals surface area (Å²) in [4.78, 5) is 25.0. The number of aromatic nitrogens is 1. The van der Waals surface area contributed by atoms with Crippen LogP contribution in [-0.4, -0.2) is 28.5 Å². The summed E-state index contributed by atoms with van der Waals surface area (Å²) >= 11 is 0. The molecule has 0 saturated carbocycles. The Bertz CT molecular complexity index is 451. The van der Waals surface area contributed by atoms with Crippen LogP contribution in [0.3, 0.4) is 0 Å². The van der Waals surface area contributed by atoms with E-state index in [9.17, 15) is 14.0 Å². The Hall–Kier alpha value is -2.18. The maximum atomic E-state index is 12.8. The molecular formula is C11H14FN3O3. The normalized spacial score (nSPS) is 10.1. The third-order valence-corrected chi connectivity index (χ3v) is 2.23. The fourth-order valence-corrected chi connectivity index (χ4v) is 1.37. The fourth-order valence-electron chi connectivity index (χ4n) is 1.37. The number of nitrogens with one attached hydrogen (secondary N) is 1. The molecule has 0 atom stereocenters. The van der Waals surface area contributed by atoms with Gasteiger partial charge >= 0.3 is 5.97 Å². The molecule has 0 spiro atoms. The van der Waals surface area contributed by atoms with Gasteiger partial charge in [-0.3, -0.25) is 4.79 Å². The number of primary amides is 1. The Morgan fingerprint density at radius 2 is 2.17 bits per heavy atom. The number of nitrogens with two attached hydrogens (primary N) is 1. The molecule has 98 valence electrons. The van der Waals surface area contributed by atoms with Gasteiger partial charge in [0.25, 0.3) is 0 Å². The number of carboxylic acids is 1. The average Bonchev–Trinajstić information content (AvgIpc) is 2.29. The van der Waals surface area contributed by atoms with E-state index >= 15 is 0 Å². The van der Waals surface area contributed by atoms with Crippen molar-refractivity contribution in [3.8, 4) is 0 Å². The molecule has 4 N–H and O–H groups in total. The first-order chi connectivity index (χ1) is 8.50. The van der Waals surface area contributed by atoms with Crippen molar-refractivity contribution in [2.75, 3.05) is 11.9 Å². The Balaban J connectivity index is 2.51. The number of amides is 1. The molecule has 0 aliphatic carbocycles. The number of anilines is 1. The zero-order chi connectivity index (χ0) is 13.5. The van der Waals surface area contributed by atoms with Crippen LogP contribution in [-0.2, 0) is 4.79 Å². The highest BCUT2D eigenvalue weighted by Gasteiger charge is 2.12. The van der Waals surface area contributed by atoms with Crippen LogP contribution in [0.2, 0.25) is 0 Å². The first-order valence-corrected chi connectivity index (χ1v) is 5.41. The van der Waals surface area contributed by atoms with Crippen molar-refractivity contribution in [3.63, 3.8) is 0 Å². The topological polar surface area (TPSA) is 105 Å². The van der Waals surface area contributed by atoms with Gasteiger partial charge in [-0.15, -0.1) is 0 Å². The molecule has 1 heterocycles. The molecule has 1 aromatic heterocycles. The van der Waals surface area contributed by atoms with E-state index in [0.29, 0.717) is 19.4 Å². The van der Waals surface area contributed by atoms with Gasteiger partial charge in [0, 0.05) is 13.0 Å². The molecule has 18 heavy (non-hydrogen) atoms. The van der Waals surface area contributed by atoms with Crippen molar-refractivity contribution in [2.45, 2.75) is 19.3 Å². The van der Waals surface area contributed by atoms with Crippen molar-refractivity contribution >= 4 is 17.7 Å². The first kappa shape index (κ1) is 13.9. The second-order valence-corrected chi connectivity index (χ2v) is 3.71. The molecule has 1 rings (SSSR count). The number of carbonyl (C=O) groups is 2. The first-order valence-electron chi connectivity index (χ1n) is 5.41. The molecule has 0 aromatic carbocycles. The molecule has 1 aromatic rings. The molecule has 0 aliphatic rings. The maximum absolute atomic E-state index is 12.8. The second kappa shape index (κ2) is 6.53. The fraction of sp³-hybridized carbons (Fsp3) is 0.364. The number of carboxylic acid groups (broad SMARTS) is 1. The number of rotatable bonds is 7. The predicted molar refractivity (Wildman–Crippen MR) is 62.7 cm³/mol. The highest BCUT2D eigenvalue weighted by molar-refractivity contribution is 5.93. The summed E-state index contributed by atoms with van der Waals surface area (Å²) in [7, 11) is 0.